The van der Waals surface area contributed by atoms with Crippen molar-refractivity contribution >= 4 is 23.1 Å². The Morgan fingerprint density at radius 1 is 1.12 bits per heavy atom. The summed E-state index contributed by atoms with van der Waals surface area (Å²) in [6, 6.07) is 12.5. The lowest BCUT2D eigenvalue weighted by atomic mass is 9.92. The number of fused-ring (bicyclic) bond motifs is 1. The van der Waals surface area contributed by atoms with Crippen LogP contribution in [0.2, 0.25) is 0 Å². The summed E-state index contributed by atoms with van der Waals surface area (Å²) < 4.78 is 0. The number of aromatic nitrogens is 3. The Labute approximate surface area is 194 Å². The van der Waals surface area contributed by atoms with Crippen LogP contribution in [0.5, 0.6) is 0 Å². The van der Waals surface area contributed by atoms with Crippen molar-refractivity contribution in [2.45, 2.75) is 38.5 Å². The summed E-state index contributed by atoms with van der Waals surface area (Å²) in [5, 5.41) is 3.33. The van der Waals surface area contributed by atoms with Gasteiger partial charge in [0.25, 0.3) is 0 Å². The van der Waals surface area contributed by atoms with E-state index in [4.69, 9.17) is 4.98 Å². The van der Waals surface area contributed by atoms with Crippen molar-refractivity contribution in [2.24, 2.45) is 0 Å². The number of amides is 1. The number of piperidine rings is 1. The van der Waals surface area contributed by atoms with Gasteiger partial charge in [-0.05, 0) is 69.5 Å². The molecule has 0 atom stereocenters. The molecule has 0 saturated carbocycles. The van der Waals surface area contributed by atoms with E-state index in [0.717, 1.165) is 73.9 Å². The van der Waals surface area contributed by atoms with E-state index < -0.39 is 0 Å². The van der Waals surface area contributed by atoms with E-state index >= 15 is 0 Å². The van der Waals surface area contributed by atoms with Crippen LogP contribution >= 0.6 is 0 Å². The van der Waals surface area contributed by atoms with Crippen LogP contribution in [0.4, 0.5) is 17.2 Å². The molecule has 0 radical (unpaired) electrons. The summed E-state index contributed by atoms with van der Waals surface area (Å²) in [5.74, 6) is 1.33. The predicted molar refractivity (Wildman–Crippen MR) is 130 cm³/mol. The van der Waals surface area contributed by atoms with E-state index in [1.54, 1.807) is 18.6 Å². The fourth-order valence-corrected chi connectivity index (χ4v) is 4.94. The van der Waals surface area contributed by atoms with Crippen molar-refractivity contribution in [1.29, 1.82) is 0 Å². The molecule has 0 bridgehead atoms. The molecule has 33 heavy (non-hydrogen) atoms. The summed E-state index contributed by atoms with van der Waals surface area (Å²) in [5.41, 5.74) is 5.46. The van der Waals surface area contributed by atoms with Crippen molar-refractivity contribution in [1.82, 2.24) is 19.9 Å². The molecule has 1 N–H and O–H groups in total. The van der Waals surface area contributed by atoms with Gasteiger partial charge in [0.1, 0.15) is 5.82 Å². The molecule has 2 aliphatic heterocycles. The number of nitrogens with zero attached hydrogens (tertiary/aromatic N) is 5. The normalized spacial score (nSPS) is 16.9. The molecule has 4 heterocycles. The van der Waals surface area contributed by atoms with Gasteiger partial charge in [-0.15, -0.1) is 0 Å². The zero-order valence-corrected chi connectivity index (χ0v) is 19.1. The number of hydrogen-bond donors (Lipinski definition) is 1. The molecule has 7 heteroatoms. The van der Waals surface area contributed by atoms with Gasteiger partial charge in [0.05, 0.1) is 12.7 Å². The Balaban J connectivity index is 1.20. The number of anilines is 3. The van der Waals surface area contributed by atoms with E-state index in [9.17, 15) is 4.79 Å². The van der Waals surface area contributed by atoms with Crippen molar-refractivity contribution in [2.75, 3.05) is 36.4 Å². The molecule has 2 aliphatic rings. The van der Waals surface area contributed by atoms with Gasteiger partial charge in [0.2, 0.25) is 5.91 Å². The molecule has 5 rings (SSSR count). The lowest BCUT2D eigenvalue weighted by molar-refractivity contribution is -0.120. The summed E-state index contributed by atoms with van der Waals surface area (Å²) in [6.45, 7) is 5.15. The van der Waals surface area contributed by atoms with Gasteiger partial charge >= 0.3 is 0 Å². The van der Waals surface area contributed by atoms with E-state index in [0.29, 0.717) is 12.5 Å². The summed E-state index contributed by atoms with van der Waals surface area (Å²) >= 11 is 0. The average Bonchev–Trinajstić information content (AvgIpc) is 2.84. The number of likely N-dealkylation sites (tertiary alicyclic amines) is 1. The van der Waals surface area contributed by atoms with Crippen LogP contribution < -0.4 is 10.2 Å². The third kappa shape index (κ3) is 5.03. The fourth-order valence-electron chi connectivity index (χ4n) is 4.94. The molecule has 2 aromatic heterocycles. The Kier molecular flexibility index (Phi) is 6.30. The lowest BCUT2D eigenvalue weighted by Gasteiger charge is -2.35. The van der Waals surface area contributed by atoms with Crippen molar-refractivity contribution in [3.05, 3.63) is 71.9 Å². The summed E-state index contributed by atoms with van der Waals surface area (Å²) in [4.78, 5) is 30.6. The Bertz CT molecular complexity index is 1110. The highest BCUT2D eigenvalue weighted by molar-refractivity contribution is 5.96. The second-order valence-corrected chi connectivity index (χ2v) is 8.97. The number of pyridine rings is 1. The molecule has 170 valence electrons. The number of benzene rings is 1. The largest absolute Gasteiger partial charge is 0.339 e. The van der Waals surface area contributed by atoms with Crippen LogP contribution in [0.15, 0.2) is 55.0 Å². The third-order valence-corrected chi connectivity index (χ3v) is 6.58. The van der Waals surface area contributed by atoms with Crippen molar-refractivity contribution in [3.8, 4) is 0 Å². The monoisotopic (exact) mass is 442 g/mol. The first-order valence-corrected chi connectivity index (χ1v) is 11.8. The maximum Gasteiger partial charge on any atom is 0.241 e. The smallest absolute Gasteiger partial charge is 0.241 e. The van der Waals surface area contributed by atoms with Gasteiger partial charge in [-0.25, -0.2) is 4.98 Å². The second kappa shape index (κ2) is 9.67. The number of nitrogens with one attached hydrogen (secondary N) is 1. The van der Waals surface area contributed by atoms with Crippen LogP contribution in [-0.4, -0.2) is 51.9 Å². The van der Waals surface area contributed by atoms with Gasteiger partial charge in [0, 0.05) is 47.6 Å². The molecule has 0 spiro atoms. The molecule has 1 saturated heterocycles. The molecule has 0 unspecified atom stereocenters. The topological polar surface area (TPSA) is 74.2 Å². The lowest BCUT2D eigenvalue weighted by Crippen LogP contribution is -2.45. The Morgan fingerprint density at radius 3 is 2.79 bits per heavy atom. The SMILES string of the molecule is Cc1cc(Nc2cnccn2)cc(C2CCN(CC(=O)N3CCCc4ccccc43)CC2)n1. The van der Waals surface area contributed by atoms with Gasteiger partial charge in [-0.1, -0.05) is 18.2 Å². The minimum absolute atomic E-state index is 0.213. The van der Waals surface area contributed by atoms with E-state index in [-0.39, 0.29) is 5.91 Å². The highest BCUT2D eigenvalue weighted by Crippen LogP contribution is 2.30. The number of aryl methyl sites for hydroxylation is 2. The molecular formula is C26H30N6O. The quantitative estimate of drug-likeness (QED) is 0.642. The summed E-state index contributed by atoms with van der Waals surface area (Å²) in [7, 11) is 0. The molecule has 1 fully saturated rings. The standard InChI is InChI=1S/C26H30N6O/c1-19-15-22(30-25-17-27-10-11-28-25)16-23(29-19)20-8-13-31(14-9-20)18-26(33)32-12-4-6-21-5-2-3-7-24(21)32/h2-3,5,7,10-11,15-17,20H,4,6,8-9,12-14,18H2,1H3,(H,28,29,30). The van der Waals surface area contributed by atoms with Crippen molar-refractivity contribution in [3.63, 3.8) is 0 Å². The first-order valence-electron chi connectivity index (χ1n) is 11.8. The fraction of sp³-hybridized carbons (Fsp3) is 0.385. The first-order chi connectivity index (χ1) is 16.2. The zero-order valence-electron chi connectivity index (χ0n) is 19.1. The van der Waals surface area contributed by atoms with Crippen LogP contribution in [0.25, 0.3) is 0 Å². The molecule has 1 aromatic carbocycles. The third-order valence-electron chi connectivity index (χ3n) is 6.58. The maximum atomic E-state index is 13.1. The molecule has 3 aromatic rings. The average molecular weight is 443 g/mol. The van der Waals surface area contributed by atoms with Gasteiger partial charge in [-0.3, -0.25) is 19.7 Å². The number of carbonyl (C=O) groups excluding carboxylic acids is 1. The van der Waals surface area contributed by atoms with Crippen LogP contribution in [0, 0.1) is 6.92 Å². The van der Waals surface area contributed by atoms with Gasteiger partial charge < -0.3 is 10.2 Å². The molecular weight excluding hydrogens is 412 g/mol. The van der Waals surface area contributed by atoms with Gasteiger partial charge in [-0.2, -0.15) is 0 Å². The van der Waals surface area contributed by atoms with E-state index in [2.05, 4.69) is 44.5 Å². The van der Waals surface area contributed by atoms with Crippen LogP contribution in [-0.2, 0) is 11.2 Å². The van der Waals surface area contributed by atoms with E-state index in [1.807, 2.05) is 24.0 Å². The number of carbonyl (C=O) groups is 1. The molecule has 1 amide bonds. The summed E-state index contributed by atoms with van der Waals surface area (Å²) in [6.07, 6.45) is 9.16. The predicted octanol–water partition coefficient (Wildman–Crippen LogP) is 4.08. The van der Waals surface area contributed by atoms with Crippen molar-refractivity contribution < 1.29 is 4.79 Å². The second-order valence-electron chi connectivity index (χ2n) is 8.97. The number of para-hydroxylation sites is 1. The van der Waals surface area contributed by atoms with Crippen LogP contribution in [0.3, 0.4) is 0 Å². The minimum Gasteiger partial charge on any atom is -0.339 e. The maximum absolute atomic E-state index is 13.1. The molecule has 7 nitrogen and oxygen atoms in total. The molecule has 0 aliphatic carbocycles. The Hall–Kier alpha value is -3.32. The first kappa shape index (κ1) is 21.5. The van der Waals surface area contributed by atoms with Gasteiger partial charge in [0.15, 0.2) is 0 Å². The van der Waals surface area contributed by atoms with E-state index in [1.165, 1.54) is 5.56 Å². The van der Waals surface area contributed by atoms with Crippen LogP contribution in [0.1, 0.15) is 42.1 Å². The highest BCUT2D eigenvalue weighted by atomic mass is 16.2. The Morgan fingerprint density at radius 2 is 1.97 bits per heavy atom. The minimum atomic E-state index is 0.213. The highest BCUT2D eigenvalue weighted by Gasteiger charge is 2.27. The number of rotatable bonds is 5. The number of hydrogen-bond acceptors (Lipinski definition) is 6. The zero-order chi connectivity index (χ0) is 22.6.